The summed E-state index contributed by atoms with van der Waals surface area (Å²) in [5, 5.41) is 15.0. The van der Waals surface area contributed by atoms with Crippen LogP contribution < -0.4 is 0 Å². The van der Waals surface area contributed by atoms with Gasteiger partial charge in [-0.05, 0) is 0 Å². The second-order valence-electron chi connectivity index (χ2n) is 0.346. The third-order valence-corrected chi connectivity index (χ3v) is 0. The summed E-state index contributed by atoms with van der Waals surface area (Å²) >= 11 is 3.08. The summed E-state index contributed by atoms with van der Waals surface area (Å²) in [5.74, 6) is 0. The second kappa shape index (κ2) is 5.65. The summed E-state index contributed by atoms with van der Waals surface area (Å²) in [4.78, 5) is 0. The summed E-state index contributed by atoms with van der Waals surface area (Å²) in [6, 6.07) is 0. The Morgan fingerprint density at radius 1 is 1.40 bits per heavy atom. The molecule has 5 heavy (non-hydrogen) atoms. The maximum Gasteiger partial charge on any atom is 0.198 e. The fraction of sp³-hybridized carbons (Fsp3) is 1.00. The van der Waals surface area contributed by atoms with E-state index in [0.717, 1.165) is 0 Å². The minimum Gasteiger partial charge on any atom is -0.360 e. The zero-order valence-electron chi connectivity index (χ0n) is 2.42. The van der Waals surface area contributed by atoms with Crippen molar-refractivity contribution in [2.45, 2.75) is 5.62 Å². The van der Waals surface area contributed by atoms with E-state index in [2.05, 4.69) is 12.6 Å². The van der Waals surface area contributed by atoms with Gasteiger partial charge in [-0.3, -0.25) is 0 Å². The first-order valence-corrected chi connectivity index (χ1v) is 1.29. The number of hydrogen-bond donors (Lipinski definition) is 3. The van der Waals surface area contributed by atoms with Crippen LogP contribution in [-0.4, -0.2) is 15.8 Å². The summed E-state index contributed by atoms with van der Waals surface area (Å²) in [6.07, 6.45) is 0. The Morgan fingerprint density at radius 3 is 1.40 bits per heavy atom. The van der Waals surface area contributed by atoms with E-state index in [1.54, 1.807) is 0 Å². The van der Waals surface area contributed by atoms with Crippen LogP contribution in [0.2, 0.25) is 0 Å². The van der Waals surface area contributed by atoms with Gasteiger partial charge in [0, 0.05) is 41.7 Å². The van der Waals surface area contributed by atoms with Crippen LogP contribution >= 0.6 is 12.6 Å². The van der Waals surface area contributed by atoms with Gasteiger partial charge in [0.15, 0.2) is 5.62 Å². The molecule has 4 heteroatoms. The first kappa shape index (κ1) is 9.82. The average molecular weight is 220 g/mol. The van der Waals surface area contributed by atoms with Crippen molar-refractivity contribution in [3.8, 4) is 0 Å². The second-order valence-corrected chi connectivity index (χ2v) is 0.808. The molecule has 0 aromatic rings. The Balaban J connectivity index is 0. The van der Waals surface area contributed by atoms with Crippen LogP contribution in [-0.2, 0) is 0 Å². The standard InChI is InChI=1S/CH4O2S.Ce/c2-1(3)4;/h1-4H;. The molecule has 0 aromatic carbocycles. The molecule has 0 bridgehead atoms. The molecule has 0 aliphatic heterocycles. The number of rotatable bonds is 0. The molecule has 30 valence electrons. The molecule has 0 aliphatic rings. The van der Waals surface area contributed by atoms with Crippen LogP contribution in [0.25, 0.3) is 0 Å². The average Bonchev–Trinajstić information content (AvgIpc) is 0.811. The molecule has 0 saturated heterocycles. The largest absolute Gasteiger partial charge is 0.360 e. The third kappa shape index (κ3) is 27.7. The zero-order valence-corrected chi connectivity index (χ0v) is 6.45. The summed E-state index contributed by atoms with van der Waals surface area (Å²) in [7, 11) is 0. The predicted molar refractivity (Wildman–Crippen MR) is 17.2 cm³/mol. The molecule has 0 unspecified atom stereocenters. The van der Waals surface area contributed by atoms with E-state index in [-0.39, 0.29) is 41.7 Å². The molecular weight excluding hydrogens is 216 g/mol. The molecule has 0 aromatic heterocycles. The Labute approximate surface area is 69.4 Å². The molecule has 0 aliphatic carbocycles. The molecule has 0 saturated carbocycles. The van der Waals surface area contributed by atoms with Crippen LogP contribution in [0.15, 0.2) is 0 Å². The minimum atomic E-state index is -1.47. The Hall–Kier alpha value is 1.65. The molecular formula is CH4CeO2S. The Morgan fingerprint density at radius 2 is 1.40 bits per heavy atom. The monoisotopic (exact) mass is 220 g/mol. The first-order valence-electron chi connectivity index (χ1n) is 0.775. The van der Waals surface area contributed by atoms with E-state index >= 15 is 0 Å². The van der Waals surface area contributed by atoms with Crippen LogP contribution in [0.3, 0.4) is 0 Å². The fourth-order valence-corrected chi connectivity index (χ4v) is 0. The van der Waals surface area contributed by atoms with Crippen molar-refractivity contribution in [1.82, 2.24) is 0 Å². The molecule has 2 N–H and O–H groups in total. The van der Waals surface area contributed by atoms with Gasteiger partial charge in [0.05, 0.1) is 0 Å². The van der Waals surface area contributed by atoms with Crippen molar-refractivity contribution in [2.75, 3.05) is 0 Å². The predicted octanol–water partition coefficient (Wildman–Crippen LogP) is -0.816. The van der Waals surface area contributed by atoms with Crippen molar-refractivity contribution in [3.63, 3.8) is 0 Å². The van der Waals surface area contributed by atoms with E-state index in [0.29, 0.717) is 0 Å². The van der Waals surface area contributed by atoms with Crippen molar-refractivity contribution in [2.24, 2.45) is 0 Å². The molecule has 0 amide bonds. The molecule has 0 atom stereocenters. The summed E-state index contributed by atoms with van der Waals surface area (Å²) in [6.45, 7) is 0. The first-order chi connectivity index (χ1) is 1.73. The van der Waals surface area contributed by atoms with Gasteiger partial charge < -0.3 is 10.2 Å². The van der Waals surface area contributed by atoms with Crippen LogP contribution in [0.5, 0.6) is 0 Å². The van der Waals surface area contributed by atoms with E-state index in [9.17, 15) is 0 Å². The fourth-order valence-electron chi connectivity index (χ4n) is 0. The van der Waals surface area contributed by atoms with Crippen molar-refractivity contribution >= 4 is 12.6 Å². The van der Waals surface area contributed by atoms with Gasteiger partial charge in [-0.25, -0.2) is 0 Å². The van der Waals surface area contributed by atoms with Gasteiger partial charge in [0.2, 0.25) is 0 Å². The van der Waals surface area contributed by atoms with E-state index in [1.165, 1.54) is 0 Å². The number of aliphatic hydroxyl groups excluding tert-OH is 1. The normalized spacial score (nSPS) is 7.20. The quantitative estimate of drug-likeness (QED) is 0.369. The van der Waals surface area contributed by atoms with Crippen molar-refractivity contribution < 1.29 is 52.0 Å². The minimum absolute atomic E-state index is 0. The van der Waals surface area contributed by atoms with Gasteiger partial charge in [-0.1, -0.05) is 0 Å². The van der Waals surface area contributed by atoms with Gasteiger partial charge in [0.1, 0.15) is 0 Å². The molecule has 0 heterocycles. The van der Waals surface area contributed by atoms with Crippen molar-refractivity contribution in [1.29, 1.82) is 0 Å². The Kier molecular flexibility index (Phi) is 11.1. The molecule has 0 spiro atoms. The van der Waals surface area contributed by atoms with E-state index in [1.807, 2.05) is 0 Å². The number of hydrogen-bond acceptors (Lipinski definition) is 3. The van der Waals surface area contributed by atoms with Gasteiger partial charge in [-0.15, -0.1) is 12.6 Å². The SMILES string of the molecule is OC(O)S.[Ce]. The molecule has 2 nitrogen and oxygen atoms in total. The summed E-state index contributed by atoms with van der Waals surface area (Å²) < 4.78 is 0. The molecule has 0 fully saturated rings. The van der Waals surface area contributed by atoms with E-state index in [4.69, 9.17) is 10.2 Å². The van der Waals surface area contributed by atoms with Gasteiger partial charge in [-0.2, -0.15) is 0 Å². The smallest absolute Gasteiger partial charge is 0.198 e. The maximum absolute atomic E-state index is 7.48. The molecule has 0 radical (unpaired) electrons. The zero-order chi connectivity index (χ0) is 3.58. The molecule has 0 rings (SSSR count). The topological polar surface area (TPSA) is 40.5 Å². The third-order valence-electron chi connectivity index (χ3n) is 0. The number of thiol groups is 1. The Bertz CT molecular complexity index is 14.4. The van der Waals surface area contributed by atoms with Gasteiger partial charge in [0.25, 0.3) is 0 Å². The maximum atomic E-state index is 7.48. The summed E-state index contributed by atoms with van der Waals surface area (Å²) in [5.41, 5.74) is -1.47. The van der Waals surface area contributed by atoms with Crippen LogP contribution in [0.1, 0.15) is 0 Å². The number of aliphatic hydroxyl groups is 2. The van der Waals surface area contributed by atoms with E-state index < -0.39 is 5.62 Å². The van der Waals surface area contributed by atoms with Crippen LogP contribution in [0.4, 0.5) is 0 Å². The van der Waals surface area contributed by atoms with Crippen molar-refractivity contribution in [3.05, 3.63) is 0 Å². The van der Waals surface area contributed by atoms with Crippen LogP contribution in [0, 0.1) is 41.7 Å². The van der Waals surface area contributed by atoms with Gasteiger partial charge >= 0.3 is 0 Å².